The Kier molecular flexibility index (Phi) is 6.46. The molecular weight excluding hydrogens is 405 g/mol. The third kappa shape index (κ3) is 5.14. The lowest BCUT2D eigenvalue weighted by molar-refractivity contribution is -0.155. The van der Waals surface area contributed by atoms with Crippen molar-refractivity contribution < 1.29 is 14.3 Å². The lowest BCUT2D eigenvalue weighted by Crippen LogP contribution is -2.40. The first-order chi connectivity index (χ1) is 9.66. The van der Waals surface area contributed by atoms with Crippen LogP contribution in [0.1, 0.15) is 27.7 Å². The van der Waals surface area contributed by atoms with E-state index < -0.39 is 17.3 Å². The van der Waals surface area contributed by atoms with Crippen LogP contribution in [-0.4, -0.2) is 18.5 Å². The maximum Gasteiger partial charge on any atom is 0.319 e. The number of ether oxygens (including phenoxy) is 1. The molecule has 0 saturated heterocycles. The largest absolute Gasteiger partial charge is 0.465 e. The van der Waals surface area contributed by atoms with E-state index in [2.05, 4.69) is 27.9 Å². The van der Waals surface area contributed by atoms with Crippen molar-refractivity contribution >= 4 is 51.8 Å². The highest BCUT2D eigenvalue weighted by Crippen LogP contribution is 2.30. The molecule has 0 radical (unpaired) electrons. The van der Waals surface area contributed by atoms with Gasteiger partial charge >= 0.3 is 5.97 Å². The lowest BCUT2D eigenvalue weighted by Gasteiger charge is -2.27. The van der Waals surface area contributed by atoms with Gasteiger partial charge < -0.3 is 10.1 Å². The average molecular weight is 424 g/mol. The predicted molar refractivity (Wildman–Crippen MR) is 92.4 cm³/mol. The van der Waals surface area contributed by atoms with E-state index in [0.29, 0.717) is 10.7 Å². The molecule has 6 heteroatoms. The van der Waals surface area contributed by atoms with Crippen LogP contribution in [0.15, 0.2) is 18.2 Å². The molecule has 0 aliphatic carbocycles. The van der Waals surface area contributed by atoms with Gasteiger partial charge in [0.2, 0.25) is 5.91 Å². The van der Waals surface area contributed by atoms with Gasteiger partial charge in [0.05, 0.1) is 12.3 Å². The van der Waals surface area contributed by atoms with E-state index in [-0.39, 0.29) is 12.5 Å². The number of halogens is 2. The van der Waals surface area contributed by atoms with Gasteiger partial charge in [0.15, 0.2) is 0 Å². The fraction of sp³-hybridized carbons (Fsp3) is 0.467. The van der Waals surface area contributed by atoms with Crippen molar-refractivity contribution in [3.63, 3.8) is 0 Å². The van der Waals surface area contributed by atoms with Gasteiger partial charge in [-0.3, -0.25) is 9.59 Å². The summed E-state index contributed by atoms with van der Waals surface area (Å²) in [5.74, 6) is -1.75. The van der Waals surface area contributed by atoms with Crippen molar-refractivity contribution in [1.82, 2.24) is 0 Å². The quantitative estimate of drug-likeness (QED) is 0.450. The first kappa shape index (κ1) is 18.2. The maximum atomic E-state index is 12.5. The van der Waals surface area contributed by atoms with E-state index in [0.717, 1.165) is 3.57 Å². The van der Waals surface area contributed by atoms with Crippen molar-refractivity contribution in [2.75, 3.05) is 11.9 Å². The van der Waals surface area contributed by atoms with Crippen molar-refractivity contribution in [1.29, 1.82) is 0 Å². The molecule has 1 rings (SSSR count). The minimum atomic E-state index is -0.871. The van der Waals surface area contributed by atoms with Crippen molar-refractivity contribution in [2.24, 2.45) is 11.3 Å². The number of carbonyl (C=O) groups is 2. The van der Waals surface area contributed by atoms with Crippen LogP contribution in [0.25, 0.3) is 0 Å². The standard InChI is InChI=1S/C15H19ClINO3/c1-5-21-14(20)12(15(2,3)4)13(19)18-11-7-6-9(16)8-10(11)17/h6-8,12H,5H2,1-4H3,(H,18,19). The van der Waals surface area contributed by atoms with Crippen molar-refractivity contribution in [3.05, 3.63) is 26.8 Å². The summed E-state index contributed by atoms with van der Waals surface area (Å²) < 4.78 is 5.83. The molecular formula is C15H19ClINO3. The number of hydrogen-bond acceptors (Lipinski definition) is 3. The minimum absolute atomic E-state index is 0.247. The van der Waals surface area contributed by atoms with E-state index >= 15 is 0 Å². The minimum Gasteiger partial charge on any atom is -0.465 e. The normalized spacial score (nSPS) is 12.7. The number of amides is 1. The zero-order valence-corrected chi connectivity index (χ0v) is 15.4. The number of nitrogens with one attached hydrogen (secondary N) is 1. The van der Waals surface area contributed by atoms with Gasteiger partial charge in [-0.25, -0.2) is 0 Å². The van der Waals surface area contributed by atoms with Crippen LogP contribution in [0, 0.1) is 14.9 Å². The Morgan fingerprint density at radius 3 is 2.48 bits per heavy atom. The molecule has 1 atom stereocenters. The fourth-order valence-corrected chi connectivity index (χ4v) is 2.88. The molecule has 0 fully saturated rings. The monoisotopic (exact) mass is 423 g/mol. The number of benzene rings is 1. The van der Waals surface area contributed by atoms with Gasteiger partial charge in [0.1, 0.15) is 5.92 Å². The number of carbonyl (C=O) groups excluding carboxylic acids is 2. The molecule has 0 heterocycles. The molecule has 1 N–H and O–H groups in total. The summed E-state index contributed by atoms with van der Waals surface area (Å²) in [7, 11) is 0. The highest BCUT2D eigenvalue weighted by molar-refractivity contribution is 14.1. The molecule has 0 aliphatic rings. The van der Waals surface area contributed by atoms with Crippen LogP contribution in [0.4, 0.5) is 5.69 Å². The number of rotatable bonds is 4. The zero-order valence-electron chi connectivity index (χ0n) is 12.5. The van der Waals surface area contributed by atoms with Gasteiger partial charge in [-0.1, -0.05) is 32.4 Å². The van der Waals surface area contributed by atoms with Gasteiger partial charge in [-0.05, 0) is 53.1 Å². The first-order valence-corrected chi connectivity index (χ1v) is 8.05. The second-order valence-electron chi connectivity index (χ2n) is 5.66. The SMILES string of the molecule is CCOC(=O)C(C(=O)Nc1ccc(Cl)cc1I)C(C)(C)C. The Morgan fingerprint density at radius 1 is 1.38 bits per heavy atom. The van der Waals surface area contributed by atoms with Crippen LogP contribution in [0.3, 0.4) is 0 Å². The zero-order chi connectivity index (χ0) is 16.2. The molecule has 1 unspecified atom stereocenters. The summed E-state index contributed by atoms with van der Waals surface area (Å²) in [6.07, 6.45) is 0. The molecule has 1 amide bonds. The molecule has 116 valence electrons. The summed E-state index contributed by atoms with van der Waals surface area (Å²) in [5, 5.41) is 3.37. The molecule has 0 saturated carbocycles. The number of anilines is 1. The van der Waals surface area contributed by atoms with Crippen molar-refractivity contribution in [3.8, 4) is 0 Å². The molecule has 1 aromatic rings. The Labute approximate surface area is 143 Å². The van der Waals surface area contributed by atoms with E-state index in [4.69, 9.17) is 16.3 Å². The Hall–Kier alpha value is -0.820. The third-order valence-corrected chi connectivity index (χ3v) is 3.97. The number of esters is 1. The second-order valence-corrected chi connectivity index (χ2v) is 7.26. The lowest BCUT2D eigenvalue weighted by atomic mass is 9.80. The molecule has 21 heavy (non-hydrogen) atoms. The molecule has 1 aromatic carbocycles. The van der Waals surface area contributed by atoms with Gasteiger partial charge in [-0.2, -0.15) is 0 Å². The van der Waals surface area contributed by atoms with Crippen molar-refractivity contribution in [2.45, 2.75) is 27.7 Å². The van der Waals surface area contributed by atoms with Crippen LogP contribution >= 0.6 is 34.2 Å². The van der Waals surface area contributed by atoms with Gasteiger partial charge in [0, 0.05) is 8.59 Å². The summed E-state index contributed by atoms with van der Waals surface area (Å²) in [6.45, 7) is 7.47. The van der Waals surface area contributed by atoms with E-state index in [9.17, 15) is 9.59 Å². The average Bonchev–Trinajstić information content (AvgIpc) is 2.31. The molecule has 0 aromatic heterocycles. The van der Waals surface area contributed by atoms with Gasteiger partial charge in [0.25, 0.3) is 0 Å². The Balaban J connectivity index is 2.99. The fourth-order valence-electron chi connectivity index (χ4n) is 1.88. The molecule has 0 spiro atoms. The summed E-state index contributed by atoms with van der Waals surface area (Å²) >= 11 is 7.97. The maximum absolute atomic E-state index is 12.5. The molecule has 0 bridgehead atoms. The van der Waals surface area contributed by atoms with E-state index in [1.165, 1.54) is 0 Å². The Morgan fingerprint density at radius 2 is 2.00 bits per heavy atom. The van der Waals surface area contributed by atoms with E-state index in [1.54, 1.807) is 25.1 Å². The second kappa shape index (κ2) is 7.45. The van der Waals surface area contributed by atoms with E-state index in [1.807, 2.05) is 20.8 Å². The van der Waals surface area contributed by atoms with Crippen LogP contribution in [-0.2, 0) is 14.3 Å². The highest BCUT2D eigenvalue weighted by Gasteiger charge is 2.39. The number of hydrogen-bond donors (Lipinski definition) is 1. The van der Waals surface area contributed by atoms with Crippen LogP contribution in [0.5, 0.6) is 0 Å². The van der Waals surface area contributed by atoms with Gasteiger partial charge in [-0.15, -0.1) is 0 Å². The summed E-state index contributed by atoms with van der Waals surface area (Å²) in [6, 6.07) is 5.15. The van der Waals surface area contributed by atoms with Crippen LogP contribution in [0.2, 0.25) is 5.02 Å². The Bertz CT molecular complexity index is 540. The van der Waals surface area contributed by atoms with Crippen LogP contribution < -0.4 is 5.32 Å². The summed E-state index contributed by atoms with van der Waals surface area (Å²) in [4.78, 5) is 24.5. The first-order valence-electron chi connectivity index (χ1n) is 6.59. The molecule has 4 nitrogen and oxygen atoms in total. The highest BCUT2D eigenvalue weighted by atomic mass is 127. The third-order valence-electron chi connectivity index (χ3n) is 2.84. The summed E-state index contributed by atoms with van der Waals surface area (Å²) in [5.41, 5.74) is 0.0948. The topological polar surface area (TPSA) is 55.4 Å². The smallest absolute Gasteiger partial charge is 0.319 e. The molecule has 0 aliphatic heterocycles. The predicted octanol–water partition coefficient (Wildman–Crippen LogP) is 4.11.